The summed E-state index contributed by atoms with van der Waals surface area (Å²) in [5.74, 6) is 0.656. The Kier molecular flexibility index (Phi) is 5.54. The van der Waals surface area contributed by atoms with Crippen molar-refractivity contribution in [2.45, 2.75) is 17.0 Å². The minimum Gasteiger partial charge on any atom is -0.382 e. The van der Waals surface area contributed by atoms with Crippen LogP contribution in [0.4, 0.5) is 28.3 Å². The van der Waals surface area contributed by atoms with E-state index < -0.39 is 0 Å². The van der Waals surface area contributed by atoms with Crippen LogP contribution in [0.25, 0.3) is 11.2 Å². The molecule has 0 aliphatic heterocycles. The summed E-state index contributed by atoms with van der Waals surface area (Å²) in [4.78, 5) is 27.8. The van der Waals surface area contributed by atoms with Crippen molar-refractivity contribution in [3.05, 3.63) is 36.2 Å². The van der Waals surface area contributed by atoms with E-state index in [1.807, 2.05) is 24.3 Å². The number of benzene rings is 1. The third-order valence-electron chi connectivity index (χ3n) is 3.69. The van der Waals surface area contributed by atoms with Crippen LogP contribution in [-0.4, -0.2) is 36.0 Å². The molecule has 30 heavy (non-hydrogen) atoms. The van der Waals surface area contributed by atoms with Crippen LogP contribution in [0.1, 0.15) is 12.6 Å². The molecule has 0 saturated heterocycles. The number of anilines is 5. The van der Waals surface area contributed by atoms with Crippen molar-refractivity contribution in [2.24, 2.45) is 0 Å². The number of thioether (sulfide) groups is 1. The molecular weight excluding hydrogens is 424 g/mol. The molecule has 152 valence electrons. The van der Waals surface area contributed by atoms with Gasteiger partial charge in [0, 0.05) is 24.1 Å². The second-order valence-corrected chi connectivity index (χ2v) is 8.25. The van der Waals surface area contributed by atoms with Gasteiger partial charge in [0.1, 0.15) is 0 Å². The zero-order chi connectivity index (χ0) is 21.1. The zero-order valence-electron chi connectivity index (χ0n) is 15.7. The van der Waals surface area contributed by atoms with E-state index in [-0.39, 0.29) is 17.7 Å². The maximum atomic E-state index is 11.2. The number of nitrogen functional groups attached to an aromatic ring is 2. The average molecular weight is 441 g/mol. The molecule has 0 radical (unpaired) electrons. The normalized spacial score (nSPS) is 10.8. The molecule has 0 fully saturated rings. The first-order valence-corrected chi connectivity index (χ1v) is 10.4. The maximum Gasteiger partial charge on any atom is 0.224 e. The first-order valence-electron chi connectivity index (χ1n) is 8.62. The van der Waals surface area contributed by atoms with E-state index in [9.17, 15) is 4.79 Å². The fourth-order valence-corrected chi connectivity index (χ4v) is 4.16. The van der Waals surface area contributed by atoms with Gasteiger partial charge in [-0.25, -0.2) is 9.97 Å². The molecule has 1 amide bonds. The monoisotopic (exact) mass is 440 g/mol. The van der Waals surface area contributed by atoms with E-state index in [1.54, 1.807) is 6.20 Å². The van der Waals surface area contributed by atoms with Crippen LogP contribution in [0.2, 0.25) is 0 Å². The molecule has 4 aromatic rings. The molecular formula is C17H16N10OS2. The molecule has 13 heteroatoms. The molecule has 11 nitrogen and oxygen atoms in total. The summed E-state index contributed by atoms with van der Waals surface area (Å²) in [6.07, 6.45) is 1.62. The van der Waals surface area contributed by atoms with Gasteiger partial charge in [-0.05, 0) is 18.2 Å². The lowest BCUT2D eigenvalue weighted by molar-refractivity contribution is -0.114. The second kappa shape index (κ2) is 8.42. The third kappa shape index (κ3) is 4.69. The Labute approximate surface area is 178 Å². The van der Waals surface area contributed by atoms with Crippen LogP contribution in [0, 0.1) is 0 Å². The second-order valence-electron chi connectivity index (χ2n) is 6.05. The van der Waals surface area contributed by atoms with Gasteiger partial charge in [0.05, 0.1) is 11.9 Å². The van der Waals surface area contributed by atoms with Gasteiger partial charge in [-0.2, -0.15) is 9.97 Å². The molecule has 0 aliphatic rings. The van der Waals surface area contributed by atoms with Crippen LogP contribution in [0.5, 0.6) is 0 Å². The van der Waals surface area contributed by atoms with Crippen molar-refractivity contribution in [1.82, 2.24) is 30.1 Å². The zero-order valence-corrected chi connectivity index (χ0v) is 17.3. The Balaban J connectivity index is 1.41. The van der Waals surface area contributed by atoms with Crippen LogP contribution in [0.15, 0.2) is 34.8 Å². The fourth-order valence-electron chi connectivity index (χ4n) is 2.51. The summed E-state index contributed by atoms with van der Waals surface area (Å²) in [7, 11) is 0. The van der Waals surface area contributed by atoms with E-state index in [2.05, 4.69) is 40.8 Å². The van der Waals surface area contributed by atoms with Gasteiger partial charge in [0.25, 0.3) is 0 Å². The Bertz CT molecular complexity index is 1230. The molecule has 6 N–H and O–H groups in total. The number of amides is 1. The molecule has 0 saturated carbocycles. The van der Waals surface area contributed by atoms with Crippen molar-refractivity contribution in [3.8, 4) is 0 Å². The molecule has 3 heterocycles. The van der Waals surface area contributed by atoms with Crippen molar-refractivity contribution >= 4 is 68.4 Å². The lowest BCUT2D eigenvalue weighted by Crippen LogP contribution is -2.05. The summed E-state index contributed by atoms with van der Waals surface area (Å²) in [5, 5.41) is 14.9. The SMILES string of the molecule is CC(=O)Nc1cccc(Nc2nnc(SCc3cnc4nc(N)nc(N)c4n3)s2)c1. The van der Waals surface area contributed by atoms with Gasteiger partial charge >= 0.3 is 0 Å². The summed E-state index contributed by atoms with van der Waals surface area (Å²) in [6.45, 7) is 1.46. The number of hydrogen-bond acceptors (Lipinski definition) is 12. The fraction of sp³-hybridized carbons (Fsp3) is 0.118. The molecule has 4 rings (SSSR count). The summed E-state index contributed by atoms with van der Waals surface area (Å²) >= 11 is 2.88. The highest BCUT2D eigenvalue weighted by atomic mass is 32.2. The number of nitrogens with two attached hydrogens (primary N) is 2. The van der Waals surface area contributed by atoms with Gasteiger partial charge in [-0.15, -0.1) is 10.2 Å². The Morgan fingerprint density at radius 2 is 2.00 bits per heavy atom. The largest absolute Gasteiger partial charge is 0.382 e. The van der Waals surface area contributed by atoms with Crippen molar-refractivity contribution in [1.29, 1.82) is 0 Å². The van der Waals surface area contributed by atoms with Crippen LogP contribution < -0.4 is 22.1 Å². The Morgan fingerprint density at radius 1 is 1.17 bits per heavy atom. The number of aromatic nitrogens is 6. The lowest BCUT2D eigenvalue weighted by atomic mass is 10.3. The highest BCUT2D eigenvalue weighted by molar-refractivity contribution is 8.00. The number of rotatable bonds is 6. The Morgan fingerprint density at radius 3 is 2.83 bits per heavy atom. The molecule has 3 aromatic heterocycles. The van der Waals surface area contributed by atoms with Gasteiger partial charge < -0.3 is 22.1 Å². The number of carbonyl (C=O) groups excluding carboxylic acids is 1. The van der Waals surface area contributed by atoms with E-state index in [0.29, 0.717) is 33.4 Å². The minimum atomic E-state index is -0.129. The smallest absolute Gasteiger partial charge is 0.224 e. The van der Waals surface area contributed by atoms with E-state index in [1.165, 1.54) is 30.0 Å². The molecule has 0 aliphatic carbocycles. The molecule has 0 atom stereocenters. The topological polar surface area (TPSA) is 171 Å². The molecule has 0 bridgehead atoms. The van der Waals surface area contributed by atoms with Crippen LogP contribution in [0.3, 0.4) is 0 Å². The predicted octanol–water partition coefficient (Wildman–Crippen LogP) is 2.43. The molecule has 0 unspecified atom stereocenters. The molecule has 1 aromatic carbocycles. The first kappa shape index (κ1) is 19.7. The number of nitrogens with one attached hydrogen (secondary N) is 2. The predicted molar refractivity (Wildman–Crippen MR) is 117 cm³/mol. The maximum absolute atomic E-state index is 11.2. The van der Waals surface area contributed by atoms with Gasteiger partial charge in [-0.1, -0.05) is 29.2 Å². The van der Waals surface area contributed by atoms with Crippen molar-refractivity contribution in [3.63, 3.8) is 0 Å². The van der Waals surface area contributed by atoms with Crippen LogP contribution >= 0.6 is 23.1 Å². The summed E-state index contributed by atoms with van der Waals surface area (Å²) in [5.41, 5.74) is 14.4. The number of fused-ring (bicyclic) bond motifs is 1. The van der Waals surface area contributed by atoms with Gasteiger partial charge in [0.2, 0.25) is 17.0 Å². The van der Waals surface area contributed by atoms with Gasteiger partial charge in [0.15, 0.2) is 21.3 Å². The molecule has 0 spiro atoms. The van der Waals surface area contributed by atoms with E-state index >= 15 is 0 Å². The highest BCUT2D eigenvalue weighted by Crippen LogP contribution is 2.30. The summed E-state index contributed by atoms with van der Waals surface area (Å²) < 4.78 is 0.763. The van der Waals surface area contributed by atoms with Crippen molar-refractivity contribution in [2.75, 3.05) is 22.1 Å². The third-order valence-corrected chi connectivity index (χ3v) is 5.69. The van der Waals surface area contributed by atoms with Crippen molar-refractivity contribution < 1.29 is 4.79 Å². The number of carbonyl (C=O) groups is 1. The minimum absolute atomic E-state index is 0.0629. The highest BCUT2D eigenvalue weighted by Gasteiger charge is 2.10. The van der Waals surface area contributed by atoms with Crippen LogP contribution in [-0.2, 0) is 10.5 Å². The standard InChI is InChI=1S/C17H16N10OS2/c1-8(28)21-9-3-2-4-10(5-9)23-16-26-27-17(30-16)29-7-11-6-20-14-12(22-11)13(18)24-15(19)25-14/h2-6H,7H2,1H3,(H,21,28)(H,23,26)(H4,18,19,20,24,25). The average Bonchev–Trinajstić information content (AvgIpc) is 3.13. The first-order chi connectivity index (χ1) is 14.5. The lowest BCUT2D eigenvalue weighted by Gasteiger charge is -2.05. The number of hydrogen-bond donors (Lipinski definition) is 4. The van der Waals surface area contributed by atoms with Gasteiger partial charge in [-0.3, -0.25) is 4.79 Å². The summed E-state index contributed by atoms with van der Waals surface area (Å²) in [6, 6.07) is 7.35. The van der Waals surface area contributed by atoms with E-state index in [4.69, 9.17) is 11.5 Å². The Hall–Kier alpha value is -3.58. The van der Waals surface area contributed by atoms with E-state index in [0.717, 1.165) is 10.0 Å². The number of nitrogens with zero attached hydrogens (tertiary/aromatic N) is 6. The quantitative estimate of drug-likeness (QED) is 0.324.